The quantitative estimate of drug-likeness (QED) is 0.720. The Morgan fingerprint density at radius 2 is 1.84 bits per heavy atom. The number of hydrogen-bond acceptors (Lipinski definition) is 5. The van der Waals surface area contributed by atoms with Crippen molar-refractivity contribution in [1.29, 1.82) is 0 Å². The molecule has 0 unspecified atom stereocenters. The van der Waals surface area contributed by atoms with Crippen molar-refractivity contribution in [2.45, 2.75) is 44.9 Å². The standard InChI is InChI=1S/C25H36N4O3/c30-23(16-20-6-1-2-7-20)28-11-5-9-25(24(31)27-12-14-32-15-13-27)19-29(18-21(25)17-28)22-8-3-4-10-26-22/h3-4,8,10,20-21H,1-2,5-7,9,11-19H2/t21-,25-/m1/s1. The van der Waals surface area contributed by atoms with Crippen molar-refractivity contribution in [2.75, 3.05) is 57.4 Å². The van der Waals surface area contributed by atoms with Gasteiger partial charge in [-0.1, -0.05) is 18.9 Å². The molecule has 4 heterocycles. The summed E-state index contributed by atoms with van der Waals surface area (Å²) < 4.78 is 5.51. The van der Waals surface area contributed by atoms with Gasteiger partial charge in [-0.3, -0.25) is 9.59 Å². The van der Waals surface area contributed by atoms with Crippen LogP contribution in [0.15, 0.2) is 24.4 Å². The van der Waals surface area contributed by atoms with E-state index in [0.29, 0.717) is 57.6 Å². The van der Waals surface area contributed by atoms with Gasteiger partial charge in [-0.2, -0.15) is 0 Å². The van der Waals surface area contributed by atoms with E-state index >= 15 is 0 Å². The zero-order chi connectivity index (χ0) is 22.0. The van der Waals surface area contributed by atoms with Crippen LogP contribution in [-0.2, 0) is 14.3 Å². The number of likely N-dealkylation sites (tertiary alicyclic amines) is 1. The lowest BCUT2D eigenvalue weighted by atomic mass is 9.73. The van der Waals surface area contributed by atoms with Crippen molar-refractivity contribution < 1.29 is 14.3 Å². The zero-order valence-electron chi connectivity index (χ0n) is 19.1. The lowest BCUT2D eigenvalue weighted by Gasteiger charge is -2.38. The number of carbonyl (C=O) groups excluding carboxylic acids is 2. The van der Waals surface area contributed by atoms with Gasteiger partial charge in [-0.05, 0) is 43.7 Å². The summed E-state index contributed by atoms with van der Waals surface area (Å²) in [4.78, 5) is 38.1. The van der Waals surface area contributed by atoms with E-state index in [1.54, 1.807) is 0 Å². The molecule has 4 aliphatic rings. The molecule has 1 aliphatic carbocycles. The number of ether oxygens (including phenoxy) is 1. The number of fused-ring (bicyclic) bond motifs is 1. The predicted octanol–water partition coefficient (Wildman–Crippen LogP) is 2.57. The second kappa shape index (κ2) is 9.38. The van der Waals surface area contributed by atoms with E-state index in [1.807, 2.05) is 29.3 Å². The first kappa shape index (κ1) is 21.7. The Hall–Kier alpha value is -2.15. The maximum atomic E-state index is 14.0. The molecule has 3 saturated heterocycles. The van der Waals surface area contributed by atoms with Crippen molar-refractivity contribution in [2.24, 2.45) is 17.3 Å². The summed E-state index contributed by atoms with van der Waals surface area (Å²) in [7, 11) is 0. The summed E-state index contributed by atoms with van der Waals surface area (Å²) in [6, 6.07) is 5.96. The Morgan fingerprint density at radius 3 is 2.59 bits per heavy atom. The smallest absolute Gasteiger partial charge is 0.231 e. The normalized spacial score (nSPS) is 29.1. The summed E-state index contributed by atoms with van der Waals surface area (Å²) >= 11 is 0. The fourth-order valence-electron chi connectivity index (χ4n) is 6.40. The molecule has 174 valence electrons. The lowest BCUT2D eigenvalue weighted by Crippen LogP contribution is -2.53. The maximum absolute atomic E-state index is 14.0. The number of amides is 2. The monoisotopic (exact) mass is 440 g/mol. The first-order valence-electron chi connectivity index (χ1n) is 12.5. The van der Waals surface area contributed by atoms with Crippen LogP contribution in [-0.4, -0.2) is 79.1 Å². The third-order valence-electron chi connectivity index (χ3n) is 8.18. The average molecular weight is 441 g/mol. The highest BCUT2D eigenvalue weighted by molar-refractivity contribution is 5.85. The van der Waals surface area contributed by atoms with E-state index in [-0.39, 0.29) is 11.8 Å². The first-order valence-corrected chi connectivity index (χ1v) is 12.5. The molecular formula is C25H36N4O3. The maximum Gasteiger partial charge on any atom is 0.231 e. The molecule has 1 saturated carbocycles. The minimum absolute atomic E-state index is 0.134. The van der Waals surface area contributed by atoms with Crippen LogP contribution in [0.3, 0.4) is 0 Å². The van der Waals surface area contributed by atoms with E-state index in [0.717, 1.165) is 31.7 Å². The van der Waals surface area contributed by atoms with Crippen LogP contribution in [0.1, 0.15) is 44.9 Å². The Labute approximate surface area is 191 Å². The van der Waals surface area contributed by atoms with Crippen LogP contribution >= 0.6 is 0 Å². The minimum atomic E-state index is -0.447. The largest absolute Gasteiger partial charge is 0.378 e. The summed E-state index contributed by atoms with van der Waals surface area (Å²) in [5.74, 6) is 2.17. The van der Waals surface area contributed by atoms with Gasteiger partial charge in [0.25, 0.3) is 0 Å². The minimum Gasteiger partial charge on any atom is -0.378 e. The molecule has 7 nitrogen and oxygen atoms in total. The first-order chi connectivity index (χ1) is 15.7. The molecule has 4 fully saturated rings. The number of hydrogen-bond donors (Lipinski definition) is 0. The average Bonchev–Trinajstić information content (AvgIpc) is 3.44. The molecule has 1 aromatic rings. The van der Waals surface area contributed by atoms with E-state index in [4.69, 9.17) is 4.74 Å². The van der Waals surface area contributed by atoms with Gasteiger partial charge < -0.3 is 19.4 Å². The Balaban J connectivity index is 1.38. The van der Waals surface area contributed by atoms with Crippen molar-refractivity contribution in [3.8, 4) is 0 Å². The van der Waals surface area contributed by atoms with Gasteiger partial charge in [0, 0.05) is 57.8 Å². The fraction of sp³-hybridized carbons (Fsp3) is 0.720. The summed E-state index contributed by atoms with van der Waals surface area (Å²) in [6.45, 7) is 5.50. The second-order valence-electron chi connectivity index (χ2n) is 10.1. The number of anilines is 1. The van der Waals surface area contributed by atoms with Gasteiger partial charge in [0.1, 0.15) is 5.82 Å². The van der Waals surface area contributed by atoms with Gasteiger partial charge in [0.2, 0.25) is 11.8 Å². The Morgan fingerprint density at radius 1 is 1.03 bits per heavy atom. The highest BCUT2D eigenvalue weighted by Gasteiger charge is 2.55. The van der Waals surface area contributed by atoms with Crippen LogP contribution in [0, 0.1) is 17.3 Å². The Bertz CT molecular complexity index is 807. The van der Waals surface area contributed by atoms with Crippen molar-refractivity contribution in [3.63, 3.8) is 0 Å². The van der Waals surface area contributed by atoms with E-state index in [2.05, 4.69) is 14.8 Å². The number of carbonyl (C=O) groups is 2. The molecule has 0 N–H and O–H groups in total. The molecule has 2 amide bonds. The number of pyridine rings is 1. The van der Waals surface area contributed by atoms with E-state index in [1.165, 1.54) is 25.7 Å². The SMILES string of the molecule is O=C(CC1CCCC1)N1CCC[C@@]2(C(=O)N3CCOCC3)CN(c3ccccn3)C[C@H]2C1. The number of morpholine rings is 1. The van der Waals surface area contributed by atoms with Crippen molar-refractivity contribution in [3.05, 3.63) is 24.4 Å². The van der Waals surface area contributed by atoms with Gasteiger partial charge in [0.15, 0.2) is 0 Å². The van der Waals surface area contributed by atoms with Gasteiger partial charge in [-0.25, -0.2) is 4.98 Å². The molecule has 5 rings (SSSR count). The number of aromatic nitrogens is 1. The topological polar surface area (TPSA) is 66.0 Å². The third-order valence-corrected chi connectivity index (χ3v) is 8.18. The zero-order valence-corrected chi connectivity index (χ0v) is 19.1. The molecule has 32 heavy (non-hydrogen) atoms. The molecule has 0 spiro atoms. The van der Waals surface area contributed by atoms with Crippen molar-refractivity contribution in [1.82, 2.24) is 14.8 Å². The van der Waals surface area contributed by atoms with Crippen LogP contribution in [0.4, 0.5) is 5.82 Å². The Kier molecular flexibility index (Phi) is 6.35. The second-order valence-corrected chi connectivity index (χ2v) is 10.1. The molecule has 0 bridgehead atoms. The molecule has 1 aromatic heterocycles. The van der Waals surface area contributed by atoms with Crippen molar-refractivity contribution >= 4 is 17.6 Å². The predicted molar refractivity (Wildman–Crippen MR) is 122 cm³/mol. The van der Waals surface area contributed by atoms with E-state index in [9.17, 15) is 9.59 Å². The molecule has 7 heteroatoms. The third kappa shape index (κ3) is 4.24. The molecular weight excluding hydrogens is 404 g/mol. The van der Waals surface area contributed by atoms with Gasteiger partial charge in [-0.15, -0.1) is 0 Å². The summed E-state index contributed by atoms with van der Waals surface area (Å²) in [6.07, 6.45) is 9.13. The summed E-state index contributed by atoms with van der Waals surface area (Å²) in [5, 5.41) is 0. The van der Waals surface area contributed by atoms with Crippen LogP contribution in [0.25, 0.3) is 0 Å². The van der Waals surface area contributed by atoms with Crippen LogP contribution in [0.5, 0.6) is 0 Å². The molecule has 0 aromatic carbocycles. The van der Waals surface area contributed by atoms with Crippen LogP contribution in [0.2, 0.25) is 0 Å². The van der Waals surface area contributed by atoms with Gasteiger partial charge in [0.05, 0.1) is 18.6 Å². The highest BCUT2D eigenvalue weighted by atomic mass is 16.5. The number of rotatable bonds is 4. The number of nitrogens with zero attached hydrogens (tertiary/aromatic N) is 4. The summed E-state index contributed by atoms with van der Waals surface area (Å²) in [5.41, 5.74) is -0.447. The highest BCUT2D eigenvalue weighted by Crippen LogP contribution is 2.45. The van der Waals surface area contributed by atoms with E-state index < -0.39 is 5.41 Å². The lowest BCUT2D eigenvalue weighted by molar-refractivity contribution is -0.148. The fourth-order valence-corrected chi connectivity index (χ4v) is 6.40. The molecule has 3 aliphatic heterocycles. The van der Waals surface area contributed by atoms with Crippen LogP contribution < -0.4 is 4.90 Å². The van der Waals surface area contributed by atoms with Gasteiger partial charge >= 0.3 is 0 Å². The molecule has 0 radical (unpaired) electrons. The molecule has 2 atom stereocenters.